The number of anilines is 2. The highest BCUT2D eigenvalue weighted by molar-refractivity contribution is 6.04. The third kappa shape index (κ3) is 4.33. The number of amides is 2. The molecule has 2 amide bonds. The van der Waals surface area contributed by atoms with Crippen LogP contribution < -0.4 is 20.1 Å². The van der Waals surface area contributed by atoms with Gasteiger partial charge in [-0.05, 0) is 42.5 Å². The maximum Gasteiger partial charge on any atom is 0.255 e. The Bertz CT molecular complexity index is 828. The molecule has 0 radical (unpaired) electrons. The lowest BCUT2D eigenvalue weighted by Crippen LogP contribution is -2.26. The van der Waals surface area contributed by atoms with Crippen LogP contribution in [0.1, 0.15) is 31.1 Å². The fourth-order valence-corrected chi connectivity index (χ4v) is 2.51. The van der Waals surface area contributed by atoms with Gasteiger partial charge in [0.05, 0.1) is 13.2 Å². The molecule has 0 spiro atoms. The van der Waals surface area contributed by atoms with Crippen LogP contribution in [-0.2, 0) is 4.79 Å². The normalized spacial score (nSPS) is 14.9. The molecule has 0 unspecified atom stereocenters. The van der Waals surface area contributed by atoms with Gasteiger partial charge in [0.1, 0.15) is 0 Å². The highest BCUT2D eigenvalue weighted by Crippen LogP contribution is 2.34. The van der Waals surface area contributed by atoms with Gasteiger partial charge in [-0.2, -0.15) is 0 Å². The molecule has 2 aromatic carbocycles. The van der Waals surface area contributed by atoms with Crippen molar-refractivity contribution in [1.29, 1.82) is 0 Å². The summed E-state index contributed by atoms with van der Waals surface area (Å²) in [6, 6.07) is 12.1. The molecule has 0 saturated carbocycles. The van der Waals surface area contributed by atoms with Crippen LogP contribution in [0, 0.1) is 5.41 Å². The second kappa shape index (κ2) is 7.07. The Balaban J connectivity index is 1.71. The average Bonchev–Trinajstić information content (AvgIpc) is 2.74. The third-order valence-electron chi connectivity index (χ3n) is 3.91. The number of rotatable bonds is 3. The minimum absolute atomic E-state index is 0.0862. The molecular weight excluding hydrogens is 332 g/mol. The summed E-state index contributed by atoms with van der Waals surface area (Å²) < 4.78 is 11.6. The number of fused-ring (bicyclic) bond motifs is 1. The van der Waals surface area contributed by atoms with Gasteiger partial charge in [0.2, 0.25) is 5.91 Å². The fraction of sp³-hybridized carbons (Fsp3) is 0.300. The Morgan fingerprint density at radius 1 is 0.885 bits per heavy atom. The maximum atomic E-state index is 12.5. The van der Waals surface area contributed by atoms with E-state index in [1.54, 1.807) is 42.5 Å². The molecule has 0 atom stereocenters. The summed E-state index contributed by atoms with van der Waals surface area (Å²) in [7, 11) is 0. The molecule has 3 rings (SSSR count). The minimum Gasteiger partial charge on any atom is -0.489 e. The Hall–Kier alpha value is -3.02. The molecule has 0 fully saturated rings. The van der Waals surface area contributed by atoms with E-state index in [1.165, 1.54) is 6.92 Å². The summed E-state index contributed by atoms with van der Waals surface area (Å²) in [5.41, 5.74) is 1.71. The lowest BCUT2D eigenvalue weighted by atomic mass is 9.97. The van der Waals surface area contributed by atoms with Crippen molar-refractivity contribution in [2.75, 3.05) is 23.8 Å². The summed E-state index contributed by atoms with van der Waals surface area (Å²) in [4.78, 5) is 23.5. The molecule has 6 heteroatoms. The smallest absolute Gasteiger partial charge is 0.255 e. The molecule has 2 N–H and O–H groups in total. The van der Waals surface area contributed by atoms with Crippen molar-refractivity contribution < 1.29 is 19.1 Å². The summed E-state index contributed by atoms with van der Waals surface area (Å²) in [5, 5.41) is 5.51. The lowest BCUT2D eigenvalue weighted by Gasteiger charge is -2.19. The number of carbonyl (C=O) groups is 2. The molecule has 6 nitrogen and oxygen atoms in total. The van der Waals surface area contributed by atoms with Gasteiger partial charge in [0.25, 0.3) is 5.91 Å². The van der Waals surface area contributed by atoms with E-state index in [1.807, 2.05) is 0 Å². The first kappa shape index (κ1) is 17.8. The van der Waals surface area contributed by atoms with Crippen LogP contribution in [0.4, 0.5) is 11.4 Å². The van der Waals surface area contributed by atoms with Gasteiger partial charge in [-0.25, -0.2) is 0 Å². The van der Waals surface area contributed by atoms with Crippen LogP contribution in [0.25, 0.3) is 0 Å². The largest absolute Gasteiger partial charge is 0.489 e. The molecule has 1 heterocycles. The van der Waals surface area contributed by atoms with E-state index >= 15 is 0 Å². The summed E-state index contributed by atoms with van der Waals surface area (Å²) in [5.74, 6) is 0.834. The van der Waals surface area contributed by atoms with Crippen LogP contribution in [0.15, 0.2) is 42.5 Å². The van der Waals surface area contributed by atoms with Gasteiger partial charge in [-0.3, -0.25) is 9.59 Å². The van der Waals surface area contributed by atoms with Crippen molar-refractivity contribution in [3.05, 3.63) is 48.0 Å². The monoisotopic (exact) mass is 354 g/mol. The number of nitrogens with one attached hydrogen (secondary N) is 2. The van der Waals surface area contributed by atoms with Crippen LogP contribution in [0.3, 0.4) is 0 Å². The number of benzene rings is 2. The first-order chi connectivity index (χ1) is 12.3. The quantitative estimate of drug-likeness (QED) is 0.881. The van der Waals surface area contributed by atoms with E-state index in [2.05, 4.69) is 24.5 Å². The number of carbonyl (C=O) groups excluding carboxylic acids is 2. The third-order valence-corrected chi connectivity index (χ3v) is 3.91. The van der Waals surface area contributed by atoms with Crippen molar-refractivity contribution >= 4 is 23.2 Å². The summed E-state index contributed by atoms with van der Waals surface area (Å²) in [6.45, 7) is 6.66. The van der Waals surface area contributed by atoms with Gasteiger partial charge < -0.3 is 20.1 Å². The average molecular weight is 354 g/mol. The van der Waals surface area contributed by atoms with Crippen LogP contribution in [-0.4, -0.2) is 25.0 Å². The Labute approximate surface area is 152 Å². The van der Waals surface area contributed by atoms with Gasteiger partial charge in [-0.15, -0.1) is 0 Å². The highest BCUT2D eigenvalue weighted by Gasteiger charge is 2.25. The molecule has 0 bridgehead atoms. The van der Waals surface area contributed by atoms with Crippen molar-refractivity contribution in [2.45, 2.75) is 20.8 Å². The van der Waals surface area contributed by atoms with Gasteiger partial charge in [0.15, 0.2) is 11.5 Å². The maximum absolute atomic E-state index is 12.5. The molecule has 0 aromatic heterocycles. The van der Waals surface area contributed by atoms with E-state index < -0.39 is 0 Å². The fourth-order valence-electron chi connectivity index (χ4n) is 2.51. The molecular formula is C20H22N2O4. The molecule has 1 aliphatic rings. The van der Waals surface area contributed by atoms with E-state index in [-0.39, 0.29) is 17.2 Å². The minimum atomic E-state index is -0.243. The zero-order valence-corrected chi connectivity index (χ0v) is 15.1. The van der Waals surface area contributed by atoms with Crippen LogP contribution >= 0.6 is 0 Å². The second-order valence-electron chi connectivity index (χ2n) is 7.12. The lowest BCUT2D eigenvalue weighted by molar-refractivity contribution is -0.114. The molecule has 0 aliphatic carbocycles. The van der Waals surface area contributed by atoms with Crippen molar-refractivity contribution in [3.63, 3.8) is 0 Å². The SMILES string of the molecule is CC(=O)Nc1ccc(NC(=O)c2ccc3c(c2)OCC(C)(C)CO3)cc1. The Kier molecular flexibility index (Phi) is 4.84. The van der Waals surface area contributed by atoms with Crippen molar-refractivity contribution in [1.82, 2.24) is 0 Å². The number of hydrogen-bond acceptors (Lipinski definition) is 4. The Morgan fingerprint density at radius 2 is 1.46 bits per heavy atom. The number of ether oxygens (including phenoxy) is 2. The predicted octanol–water partition coefficient (Wildman–Crippen LogP) is 3.69. The summed E-state index contributed by atoms with van der Waals surface area (Å²) in [6.07, 6.45) is 0. The van der Waals surface area contributed by atoms with Crippen molar-refractivity contribution in [3.8, 4) is 11.5 Å². The van der Waals surface area contributed by atoms with E-state index in [0.29, 0.717) is 41.7 Å². The molecule has 2 aromatic rings. The van der Waals surface area contributed by atoms with Crippen molar-refractivity contribution in [2.24, 2.45) is 5.41 Å². The Morgan fingerprint density at radius 3 is 2.08 bits per heavy atom. The zero-order chi connectivity index (χ0) is 18.7. The molecule has 136 valence electrons. The first-order valence-corrected chi connectivity index (χ1v) is 8.41. The molecule has 0 saturated heterocycles. The van der Waals surface area contributed by atoms with Gasteiger partial charge in [-0.1, -0.05) is 13.8 Å². The highest BCUT2D eigenvalue weighted by atomic mass is 16.5. The van der Waals surface area contributed by atoms with Gasteiger partial charge >= 0.3 is 0 Å². The second-order valence-corrected chi connectivity index (χ2v) is 7.12. The first-order valence-electron chi connectivity index (χ1n) is 8.41. The standard InChI is InChI=1S/C20H22N2O4/c1-13(23)21-15-5-7-16(8-6-15)22-19(24)14-4-9-17-18(10-14)26-12-20(2,3)11-25-17/h4-10H,11-12H2,1-3H3,(H,21,23)(H,22,24). The van der Waals surface area contributed by atoms with E-state index in [9.17, 15) is 9.59 Å². The van der Waals surface area contributed by atoms with E-state index in [4.69, 9.17) is 9.47 Å². The predicted molar refractivity (Wildman–Crippen MR) is 99.9 cm³/mol. The van der Waals surface area contributed by atoms with E-state index in [0.717, 1.165) is 0 Å². The summed E-state index contributed by atoms with van der Waals surface area (Å²) >= 11 is 0. The van der Waals surface area contributed by atoms with Crippen LogP contribution in [0.5, 0.6) is 11.5 Å². The van der Waals surface area contributed by atoms with Gasteiger partial charge in [0, 0.05) is 29.3 Å². The number of hydrogen-bond donors (Lipinski definition) is 2. The van der Waals surface area contributed by atoms with Crippen LogP contribution in [0.2, 0.25) is 0 Å². The topological polar surface area (TPSA) is 76.7 Å². The molecule has 1 aliphatic heterocycles. The molecule has 26 heavy (non-hydrogen) atoms. The zero-order valence-electron chi connectivity index (χ0n) is 15.1.